The molecule has 1 fully saturated rings. The topological polar surface area (TPSA) is 93.8 Å². The van der Waals surface area contributed by atoms with Gasteiger partial charge in [0.05, 0.1) is 5.75 Å². The lowest BCUT2D eigenvalue weighted by Gasteiger charge is -2.07. The van der Waals surface area contributed by atoms with Gasteiger partial charge < -0.3 is 15.3 Å². The van der Waals surface area contributed by atoms with Crippen LogP contribution in [-0.2, 0) is 0 Å². The number of aryl methyl sites for hydroxylation is 1. The standard InChI is InChI=1S/C15H18N4O2S/c1-8-5-11(9(2)19(8)10-3-4-10)12(20)7-22-15-17-13(16)6-14(21)18-15/h5-6,10H,3-4,7H2,1-2H3,(H3,16,17,18,21). The maximum Gasteiger partial charge on any atom is 0.253 e. The zero-order chi connectivity index (χ0) is 15.9. The van der Waals surface area contributed by atoms with Crippen LogP contribution in [0.15, 0.2) is 22.1 Å². The predicted molar refractivity (Wildman–Crippen MR) is 86.5 cm³/mol. The molecule has 0 saturated heterocycles. The van der Waals surface area contributed by atoms with Gasteiger partial charge in [-0.15, -0.1) is 0 Å². The Morgan fingerprint density at radius 3 is 2.82 bits per heavy atom. The number of hydrogen-bond acceptors (Lipinski definition) is 5. The van der Waals surface area contributed by atoms with E-state index in [1.807, 2.05) is 19.9 Å². The Morgan fingerprint density at radius 1 is 1.45 bits per heavy atom. The number of aromatic amines is 1. The molecular weight excluding hydrogens is 300 g/mol. The lowest BCUT2D eigenvalue weighted by atomic mass is 10.2. The van der Waals surface area contributed by atoms with Crippen molar-refractivity contribution in [1.29, 1.82) is 0 Å². The van der Waals surface area contributed by atoms with Gasteiger partial charge in [0.2, 0.25) is 0 Å². The maximum atomic E-state index is 12.4. The molecule has 0 radical (unpaired) electrons. The SMILES string of the molecule is Cc1cc(C(=O)CSc2nc(N)cc(=O)[nH]2)c(C)n1C1CC1. The minimum Gasteiger partial charge on any atom is -0.383 e. The number of hydrogen-bond donors (Lipinski definition) is 2. The molecule has 0 atom stereocenters. The first kappa shape index (κ1) is 14.9. The van der Waals surface area contributed by atoms with Crippen LogP contribution in [0.5, 0.6) is 0 Å². The van der Waals surface area contributed by atoms with Crippen LogP contribution in [0.4, 0.5) is 5.82 Å². The quantitative estimate of drug-likeness (QED) is 0.500. The van der Waals surface area contributed by atoms with E-state index in [-0.39, 0.29) is 22.9 Å². The number of rotatable bonds is 5. The fourth-order valence-corrected chi connectivity index (χ4v) is 3.45. The Hall–Kier alpha value is -2.02. The molecule has 1 saturated carbocycles. The van der Waals surface area contributed by atoms with E-state index in [9.17, 15) is 9.59 Å². The van der Waals surface area contributed by atoms with Crippen LogP contribution in [0.3, 0.4) is 0 Å². The van der Waals surface area contributed by atoms with E-state index in [0.717, 1.165) is 17.0 Å². The van der Waals surface area contributed by atoms with E-state index < -0.39 is 0 Å². The highest BCUT2D eigenvalue weighted by molar-refractivity contribution is 7.99. The summed E-state index contributed by atoms with van der Waals surface area (Å²) in [6, 6.07) is 3.72. The summed E-state index contributed by atoms with van der Waals surface area (Å²) in [5, 5.41) is 0.370. The first-order chi connectivity index (χ1) is 10.5. The monoisotopic (exact) mass is 318 g/mol. The molecule has 3 N–H and O–H groups in total. The Morgan fingerprint density at radius 2 is 2.18 bits per heavy atom. The van der Waals surface area contributed by atoms with E-state index >= 15 is 0 Å². The highest BCUT2D eigenvalue weighted by Crippen LogP contribution is 2.38. The maximum absolute atomic E-state index is 12.4. The van der Waals surface area contributed by atoms with Gasteiger partial charge in [0.25, 0.3) is 5.56 Å². The van der Waals surface area contributed by atoms with Crippen molar-refractivity contribution in [3.63, 3.8) is 0 Å². The molecule has 0 bridgehead atoms. The van der Waals surface area contributed by atoms with Gasteiger partial charge in [-0.3, -0.25) is 9.59 Å². The van der Waals surface area contributed by atoms with Crippen molar-refractivity contribution in [2.24, 2.45) is 0 Å². The Balaban J connectivity index is 1.75. The first-order valence-electron chi connectivity index (χ1n) is 7.17. The normalized spacial score (nSPS) is 14.3. The van der Waals surface area contributed by atoms with E-state index in [4.69, 9.17) is 5.73 Å². The number of nitrogens with one attached hydrogen (secondary N) is 1. The average molecular weight is 318 g/mol. The third-order valence-electron chi connectivity index (χ3n) is 3.78. The molecule has 2 aromatic heterocycles. The number of Topliss-reactive ketones (excluding diaryl/α,β-unsaturated/α-hetero) is 1. The fraction of sp³-hybridized carbons (Fsp3) is 0.400. The number of carbonyl (C=O) groups excluding carboxylic acids is 1. The molecule has 2 aromatic rings. The van der Waals surface area contributed by atoms with Crippen LogP contribution < -0.4 is 11.3 Å². The van der Waals surface area contributed by atoms with E-state index in [1.165, 1.54) is 30.7 Å². The van der Waals surface area contributed by atoms with Crippen LogP contribution in [0.25, 0.3) is 0 Å². The number of aromatic nitrogens is 3. The summed E-state index contributed by atoms with van der Waals surface area (Å²) in [4.78, 5) is 30.3. The van der Waals surface area contributed by atoms with Gasteiger partial charge in [-0.2, -0.15) is 0 Å². The molecule has 22 heavy (non-hydrogen) atoms. The molecule has 1 aliphatic rings. The van der Waals surface area contributed by atoms with Gasteiger partial charge >= 0.3 is 0 Å². The van der Waals surface area contributed by atoms with Crippen LogP contribution >= 0.6 is 11.8 Å². The average Bonchev–Trinajstić information content (AvgIpc) is 3.21. The lowest BCUT2D eigenvalue weighted by Crippen LogP contribution is -2.11. The van der Waals surface area contributed by atoms with E-state index in [2.05, 4.69) is 14.5 Å². The van der Waals surface area contributed by atoms with Crippen LogP contribution in [-0.4, -0.2) is 26.1 Å². The summed E-state index contributed by atoms with van der Waals surface area (Å²) in [5.74, 6) is 0.419. The molecule has 0 spiro atoms. The van der Waals surface area contributed by atoms with Crippen molar-refractivity contribution in [1.82, 2.24) is 14.5 Å². The Bertz CT molecular complexity index is 789. The fourth-order valence-electron chi connectivity index (χ4n) is 2.69. The smallest absolute Gasteiger partial charge is 0.253 e. The van der Waals surface area contributed by atoms with Crippen molar-refractivity contribution < 1.29 is 4.79 Å². The third-order valence-corrected chi connectivity index (χ3v) is 4.65. The zero-order valence-corrected chi connectivity index (χ0v) is 13.4. The second-order valence-electron chi connectivity index (χ2n) is 5.57. The first-order valence-corrected chi connectivity index (χ1v) is 8.15. The van der Waals surface area contributed by atoms with Crippen LogP contribution in [0.2, 0.25) is 0 Å². The zero-order valence-electron chi connectivity index (χ0n) is 12.5. The van der Waals surface area contributed by atoms with Crippen molar-refractivity contribution in [3.05, 3.63) is 39.4 Å². The molecule has 0 amide bonds. The largest absolute Gasteiger partial charge is 0.383 e. The summed E-state index contributed by atoms with van der Waals surface area (Å²) in [6.45, 7) is 4.02. The summed E-state index contributed by atoms with van der Waals surface area (Å²) < 4.78 is 2.25. The highest BCUT2D eigenvalue weighted by atomic mass is 32.2. The number of nitrogens with two attached hydrogens (primary N) is 1. The lowest BCUT2D eigenvalue weighted by molar-refractivity contribution is 0.102. The predicted octanol–water partition coefficient (Wildman–Crippen LogP) is 2.08. The number of H-pyrrole nitrogens is 1. The molecule has 116 valence electrons. The number of ketones is 1. The molecule has 0 aliphatic heterocycles. The summed E-state index contributed by atoms with van der Waals surface area (Å²) in [7, 11) is 0. The van der Waals surface area contributed by atoms with Crippen LogP contribution in [0.1, 0.15) is 40.6 Å². The molecule has 0 unspecified atom stereocenters. The Labute approximate surface area is 132 Å². The van der Waals surface area contributed by atoms with Gasteiger partial charge in [0, 0.05) is 29.1 Å². The van der Waals surface area contributed by atoms with Gasteiger partial charge in [-0.05, 0) is 32.8 Å². The molecule has 6 nitrogen and oxygen atoms in total. The van der Waals surface area contributed by atoms with Crippen LogP contribution in [0, 0.1) is 13.8 Å². The molecule has 0 aromatic carbocycles. The van der Waals surface area contributed by atoms with E-state index in [0.29, 0.717) is 11.2 Å². The van der Waals surface area contributed by atoms with Crippen molar-refractivity contribution in [2.45, 2.75) is 37.9 Å². The second-order valence-corrected chi connectivity index (χ2v) is 6.54. The third kappa shape index (κ3) is 2.94. The molecular formula is C15H18N4O2S. The van der Waals surface area contributed by atoms with Crippen molar-refractivity contribution in [2.75, 3.05) is 11.5 Å². The molecule has 7 heteroatoms. The van der Waals surface area contributed by atoms with E-state index in [1.54, 1.807) is 0 Å². The molecule has 1 aliphatic carbocycles. The van der Waals surface area contributed by atoms with Gasteiger partial charge in [0.15, 0.2) is 10.9 Å². The minimum absolute atomic E-state index is 0.0371. The Kier molecular flexibility index (Phi) is 3.82. The van der Waals surface area contributed by atoms with Gasteiger partial charge in [-0.25, -0.2) is 4.98 Å². The van der Waals surface area contributed by atoms with Gasteiger partial charge in [0.1, 0.15) is 5.82 Å². The molecule has 3 rings (SSSR count). The number of nitrogens with zero attached hydrogens (tertiary/aromatic N) is 2. The summed E-state index contributed by atoms with van der Waals surface area (Å²) in [6.07, 6.45) is 2.38. The highest BCUT2D eigenvalue weighted by Gasteiger charge is 2.28. The van der Waals surface area contributed by atoms with Crippen molar-refractivity contribution in [3.8, 4) is 0 Å². The van der Waals surface area contributed by atoms with Gasteiger partial charge in [-0.1, -0.05) is 11.8 Å². The second kappa shape index (κ2) is 5.64. The number of carbonyl (C=O) groups is 1. The number of anilines is 1. The number of thioether (sulfide) groups is 1. The molecule has 2 heterocycles. The number of nitrogen functional groups attached to an aromatic ring is 1. The van der Waals surface area contributed by atoms with Crippen molar-refractivity contribution >= 4 is 23.4 Å². The minimum atomic E-state index is -0.311. The summed E-state index contributed by atoms with van der Waals surface area (Å²) in [5.41, 5.74) is 8.13. The summed E-state index contributed by atoms with van der Waals surface area (Å²) >= 11 is 1.19.